The molecule has 21 heavy (non-hydrogen) atoms. The molecule has 0 amide bonds. The van der Waals surface area contributed by atoms with E-state index in [1.807, 2.05) is 0 Å². The SMILES string of the molecule is CCCCCCCCOC(=O)c1cc([N+](=O)[O-])ccc1N. The zero-order valence-corrected chi connectivity index (χ0v) is 12.3. The van der Waals surface area contributed by atoms with Crippen molar-refractivity contribution in [3.8, 4) is 0 Å². The van der Waals surface area contributed by atoms with Crippen molar-refractivity contribution in [2.24, 2.45) is 0 Å². The van der Waals surface area contributed by atoms with Crippen molar-refractivity contribution in [2.45, 2.75) is 45.4 Å². The zero-order valence-electron chi connectivity index (χ0n) is 12.3. The number of benzene rings is 1. The van der Waals surface area contributed by atoms with Gasteiger partial charge in [0.15, 0.2) is 0 Å². The highest BCUT2D eigenvalue weighted by atomic mass is 16.6. The number of hydrogen-bond donors (Lipinski definition) is 1. The van der Waals surface area contributed by atoms with Gasteiger partial charge in [0.05, 0.1) is 17.1 Å². The summed E-state index contributed by atoms with van der Waals surface area (Å²) in [5.74, 6) is -0.607. The summed E-state index contributed by atoms with van der Waals surface area (Å²) in [5.41, 5.74) is 5.72. The van der Waals surface area contributed by atoms with Gasteiger partial charge >= 0.3 is 5.97 Å². The molecule has 1 aromatic rings. The summed E-state index contributed by atoms with van der Waals surface area (Å²) in [5, 5.41) is 10.7. The molecule has 0 aromatic heterocycles. The first kappa shape index (κ1) is 16.9. The lowest BCUT2D eigenvalue weighted by atomic mass is 10.1. The maximum atomic E-state index is 11.9. The monoisotopic (exact) mass is 294 g/mol. The first-order valence-corrected chi connectivity index (χ1v) is 7.27. The summed E-state index contributed by atoms with van der Waals surface area (Å²) in [4.78, 5) is 22.0. The summed E-state index contributed by atoms with van der Waals surface area (Å²) in [6.07, 6.45) is 6.56. The predicted molar refractivity (Wildman–Crippen MR) is 81.2 cm³/mol. The average Bonchev–Trinajstić information content (AvgIpc) is 2.46. The Bertz CT molecular complexity index is 489. The van der Waals surface area contributed by atoms with Crippen LogP contribution >= 0.6 is 0 Å². The number of carbonyl (C=O) groups excluding carboxylic acids is 1. The molecule has 0 aliphatic carbocycles. The minimum atomic E-state index is -0.607. The molecule has 0 spiro atoms. The number of hydrogen-bond acceptors (Lipinski definition) is 5. The molecule has 116 valence electrons. The van der Waals surface area contributed by atoms with Crippen LogP contribution in [-0.2, 0) is 4.74 Å². The second kappa shape index (κ2) is 8.94. The quantitative estimate of drug-likeness (QED) is 0.246. The molecule has 0 fully saturated rings. The molecule has 1 aromatic carbocycles. The number of unbranched alkanes of at least 4 members (excludes halogenated alkanes) is 5. The number of anilines is 1. The topological polar surface area (TPSA) is 95.5 Å². The van der Waals surface area contributed by atoms with E-state index in [1.165, 1.54) is 31.4 Å². The van der Waals surface area contributed by atoms with Gasteiger partial charge in [-0.1, -0.05) is 39.0 Å². The fourth-order valence-electron chi connectivity index (χ4n) is 1.96. The van der Waals surface area contributed by atoms with E-state index in [0.717, 1.165) is 25.3 Å². The lowest BCUT2D eigenvalue weighted by Gasteiger charge is -2.07. The van der Waals surface area contributed by atoms with E-state index in [1.54, 1.807) is 0 Å². The highest BCUT2D eigenvalue weighted by Gasteiger charge is 2.16. The summed E-state index contributed by atoms with van der Waals surface area (Å²) in [6.45, 7) is 2.47. The van der Waals surface area contributed by atoms with Crippen molar-refractivity contribution in [3.05, 3.63) is 33.9 Å². The summed E-state index contributed by atoms with van der Waals surface area (Å²) >= 11 is 0. The molecule has 2 N–H and O–H groups in total. The van der Waals surface area contributed by atoms with Crippen molar-refractivity contribution < 1.29 is 14.5 Å². The average molecular weight is 294 g/mol. The van der Waals surface area contributed by atoms with Gasteiger partial charge in [-0.3, -0.25) is 10.1 Å². The lowest BCUT2D eigenvalue weighted by Crippen LogP contribution is -2.09. The lowest BCUT2D eigenvalue weighted by molar-refractivity contribution is -0.384. The predicted octanol–water partition coefficient (Wildman–Crippen LogP) is 3.69. The second-order valence-corrected chi connectivity index (χ2v) is 4.93. The van der Waals surface area contributed by atoms with Crippen molar-refractivity contribution in [3.63, 3.8) is 0 Å². The highest BCUT2D eigenvalue weighted by molar-refractivity contribution is 5.95. The van der Waals surface area contributed by atoms with Gasteiger partial charge in [-0.15, -0.1) is 0 Å². The third kappa shape index (κ3) is 5.81. The number of nitrogen functional groups attached to an aromatic ring is 1. The van der Waals surface area contributed by atoms with Gasteiger partial charge in [0, 0.05) is 17.8 Å². The van der Waals surface area contributed by atoms with Crippen LogP contribution in [0, 0.1) is 10.1 Å². The number of nitro groups is 1. The molecule has 0 heterocycles. The summed E-state index contributed by atoms with van der Waals surface area (Å²) in [7, 11) is 0. The van der Waals surface area contributed by atoms with Crippen LogP contribution in [-0.4, -0.2) is 17.5 Å². The highest BCUT2D eigenvalue weighted by Crippen LogP contribution is 2.20. The molecule has 0 bridgehead atoms. The second-order valence-electron chi connectivity index (χ2n) is 4.93. The fraction of sp³-hybridized carbons (Fsp3) is 0.533. The van der Waals surface area contributed by atoms with E-state index in [2.05, 4.69) is 6.92 Å². The van der Waals surface area contributed by atoms with Crippen LogP contribution in [0.5, 0.6) is 0 Å². The number of non-ortho nitro benzene ring substituents is 1. The molecule has 0 aliphatic heterocycles. The minimum Gasteiger partial charge on any atom is -0.462 e. The number of rotatable bonds is 9. The van der Waals surface area contributed by atoms with Gasteiger partial charge in [-0.2, -0.15) is 0 Å². The number of nitro benzene ring substituents is 1. The number of carbonyl (C=O) groups is 1. The Labute approximate surface area is 124 Å². The fourth-order valence-corrected chi connectivity index (χ4v) is 1.96. The van der Waals surface area contributed by atoms with Crippen molar-refractivity contribution in [1.29, 1.82) is 0 Å². The molecule has 0 radical (unpaired) electrons. The number of nitrogens with two attached hydrogens (primary N) is 1. The third-order valence-electron chi connectivity index (χ3n) is 3.20. The van der Waals surface area contributed by atoms with Crippen LogP contribution in [0.1, 0.15) is 55.8 Å². The van der Waals surface area contributed by atoms with Gasteiger partial charge in [0.1, 0.15) is 0 Å². The molecule has 0 atom stereocenters. The van der Waals surface area contributed by atoms with Gasteiger partial charge < -0.3 is 10.5 Å². The molecule has 6 nitrogen and oxygen atoms in total. The molecule has 0 unspecified atom stereocenters. The van der Waals surface area contributed by atoms with Crippen molar-refractivity contribution in [2.75, 3.05) is 12.3 Å². The summed E-state index contributed by atoms with van der Waals surface area (Å²) < 4.78 is 5.11. The van der Waals surface area contributed by atoms with E-state index < -0.39 is 10.9 Å². The Kier molecular flexibility index (Phi) is 7.21. The maximum Gasteiger partial charge on any atom is 0.340 e. The Morgan fingerprint density at radius 1 is 1.24 bits per heavy atom. The minimum absolute atomic E-state index is 0.0511. The van der Waals surface area contributed by atoms with E-state index in [0.29, 0.717) is 6.61 Å². The molecule has 0 saturated heterocycles. The number of ether oxygens (including phenoxy) is 1. The van der Waals surface area contributed by atoms with E-state index in [4.69, 9.17) is 10.5 Å². The number of esters is 1. The molecular formula is C15H22N2O4. The molecular weight excluding hydrogens is 272 g/mol. The Morgan fingerprint density at radius 3 is 2.57 bits per heavy atom. The normalized spacial score (nSPS) is 10.3. The zero-order chi connectivity index (χ0) is 15.7. The maximum absolute atomic E-state index is 11.9. The van der Waals surface area contributed by atoms with E-state index in [-0.39, 0.29) is 16.9 Å². The van der Waals surface area contributed by atoms with Crippen LogP contribution < -0.4 is 5.73 Å². The number of nitrogens with zero attached hydrogens (tertiary/aromatic N) is 1. The largest absolute Gasteiger partial charge is 0.462 e. The van der Waals surface area contributed by atoms with Gasteiger partial charge in [-0.25, -0.2) is 4.79 Å². The van der Waals surface area contributed by atoms with Gasteiger partial charge in [0.25, 0.3) is 5.69 Å². The van der Waals surface area contributed by atoms with Crippen molar-refractivity contribution in [1.82, 2.24) is 0 Å². The molecule has 0 saturated carbocycles. The van der Waals surface area contributed by atoms with Crippen LogP contribution in [0.4, 0.5) is 11.4 Å². The molecule has 1 rings (SSSR count). The van der Waals surface area contributed by atoms with Gasteiger partial charge in [-0.05, 0) is 12.5 Å². The van der Waals surface area contributed by atoms with Crippen LogP contribution in [0.15, 0.2) is 18.2 Å². The molecule has 0 aliphatic rings. The first-order valence-electron chi connectivity index (χ1n) is 7.27. The Morgan fingerprint density at radius 2 is 1.90 bits per heavy atom. The Balaban J connectivity index is 2.41. The van der Waals surface area contributed by atoms with Crippen LogP contribution in [0.2, 0.25) is 0 Å². The van der Waals surface area contributed by atoms with Crippen LogP contribution in [0.25, 0.3) is 0 Å². The van der Waals surface area contributed by atoms with Gasteiger partial charge in [0.2, 0.25) is 0 Å². The summed E-state index contributed by atoms with van der Waals surface area (Å²) in [6, 6.07) is 3.76. The van der Waals surface area contributed by atoms with Crippen LogP contribution in [0.3, 0.4) is 0 Å². The van der Waals surface area contributed by atoms with Crippen molar-refractivity contribution >= 4 is 17.3 Å². The first-order chi connectivity index (χ1) is 10.1. The van der Waals surface area contributed by atoms with E-state index in [9.17, 15) is 14.9 Å². The Hall–Kier alpha value is -2.11. The molecule has 6 heteroatoms. The standard InChI is InChI=1S/C15H22N2O4/c1-2-3-4-5-6-7-10-21-15(18)13-11-12(17(19)20)8-9-14(13)16/h8-9,11H,2-7,10,16H2,1H3. The third-order valence-corrected chi connectivity index (χ3v) is 3.20. The van der Waals surface area contributed by atoms with E-state index >= 15 is 0 Å². The smallest absolute Gasteiger partial charge is 0.340 e.